The molecule has 0 fully saturated rings. The van der Waals surface area contributed by atoms with Crippen LogP contribution in [0.1, 0.15) is 20.7 Å². The predicted octanol–water partition coefficient (Wildman–Crippen LogP) is 4.30. The number of carbonyl (C=O) groups excluding carboxylic acids is 2. The largest absolute Gasteiger partial charge is 0.516 e. The van der Waals surface area contributed by atoms with E-state index in [9.17, 15) is 31.2 Å². The molecule has 0 spiro atoms. The van der Waals surface area contributed by atoms with E-state index >= 15 is 0 Å². The number of benzene rings is 2. The van der Waals surface area contributed by atoms with E-state index in [2.05, 4.69) is 22.6 Å². The van der Waals surface area contributed by atoms with Crippen LogP contribution < -0.4 is 9.46 Å². The Bertz CT molecular complexity index is 1040. The van der Waals surface area contributed by atoms with Crippen LogP contribution in [0, 0.1) is 10.7 Å². The summed E-state index contributed by atoms with van der Waals surface area (Å²) in [6.07, 6.45) is 0. The topological polar surface area (TPSA) is 89.5 Å². The zero-order chi connectivity index (χ0) is 21.3. The summed E-state index contributed by atoms with van der Waals surface area (Å²) in [5.41, 5.74) is -5.61. The fraction of sp³-hybridized carbons (Fsp3) is 0.0667. The Morgan fingerprint density at radius 2 is 1.46 bits per heavy atom. The van der Waals surface area contributed by atoms with Gasteiger partial charge in [0.25, 0.3) is 5.91 Å². The van der Waals surface area contributed by atoms with Crippen LogP contribution in [0.3, 0.4) is 0 Å². The summed E-state index contributed by atoms with van der Waals surface area (Å²) in [6, 6.07) is 7.99. The number of nitrogens with one attached hydrogen (secondary N) is 1. The highest BCUT2D eigenvalue weighted by atomic mass is 127. The highest BCUT2D eigenvalue weighted by Crippen LogP contribution is 2.26. The van der Waals surface area contributed by atoms with Crippen LogP contribution in [0.2, 0.25) is 0 Å². The highest BCUT2D eigenvalue weighted by molar-refractivity contribution is 14.1. The molecule has 0 aliphatic rings. The number of ether oxygens (including phenoxy) is 1. The number of hydrogen-bond acceptors (Lipinski definition) is 5. The summed E-state index contributed by atoms with van der Waals surface area (Å²) in [6.45, 7) is 0. The number of rotatable bonds is 4. The molecule has 0 aromatic heterocycles. The second kappa shape index (κ2) is 8.99. The molecule has 0 bridgehead atoms. The van der Waals surface area contributed by atoms with E-state index in [0.717, 1.165) is 20.4 Å². The molecule has 0 heterocycles. The number of esters is 1. The standard InChI is InChI=1S/C15H7F3I3NO5S/c16-15(17,18)28(25,26)22-13(23)7-1-3-8(4-2-7)27-14(24)11-9(19)5-6-10(20)12(11)21/h1-6H,(H,22,23). The number of carbonyl (C=O) groups is 2. The van der Waals surface area contributed by atoms with Crippen LogP contribution in [0.25, 0.3) is 0 Å². The third-order valence-corrected chi connectivity index (χ3v) is 8.12. The summed E-state index contributed by atoms with van der Waals surface area (Å²) < 4.78 is 67.2. The fourth-order valence-electron chi connectivity index (χ4n) is 1.79. The number of halogens is 6. The van der Waals surface area contributed by atoms with Crippen LogP contribution >= 0.6 is 67.8 Å². The molecule has 2 rings (SSSR count). The zero-order valence-corrected chi connectivity index (χ0v) is 20.5. The van der Waals surface area contributed by atoms with E-state index in [1.807, 2.05) is 51.2 Å². The molecule has 6 nitrogen and oxygen atoms in total. The van der Waals surface area contributed by atoms with E-state index in [1.54, 1.807) is 6.07 Å². The Labute approximate surface area is 198 Å². The molecule has 28 heavy (non-hydrogen) atoms. The molecular weight excluding hydrogens is 744 g/mol. The Morgan fingerprint density at radius 3 is 2.00 bits per heavy atom. The van der Waals surface area contributed by atoms with E-state index in [-0.39, 0.29) is 11.3 Å². The van der Waals surface area contributed by atoms with Gasteiger partial charge >= 0.3 is 21.5 Å². The molecule has 0 atom stereocenters. The monoisotopic (exact) mass is 751 g/mol. The van der Waals surface area contributed by atoms with E-state index in [1.165, 1.54) is 12.1 Å². The Balaban J connectivity index is 2.17. The van der Waals surface area contributed by atoms with E-state index < -0.39 is 27.4 Å². The average Bonchev–Trinajstić information content (AvgIpc) is 2.57. The van der Waals surface area contributed by atoms with Gasteiger partial charge in [0.1, 0.15) is 5.75 Å². The minimum Gasteiger partial charge on any atom is -0.423 e. The van der Waals surface area contributed by atoms with Crippen molar-refractivity contribution in [3.63, 3.8) is 0 Å². The number of sulfonamides is 1. The quantitative estimate of drug-likeness (QED) is 0.218. The Morgan fingerprint density at radius 1 is 0.929 bits per heavy atom. The molecular formula is C15H7F3I3NO5S. The van der Waals surface area contributed by atoms with Crippen molar-refractivity contribution in [2.45, 2.75) is 5.51 Å². The van der Waals surface area contributed by atoms with Crippen molar-refractivity contribution in [2.75, 3.05) is 0 Å². The number of hydrogen-bond donors (Lipinski definition) is 1. The minimum atomic E-state index is -5.81. The Hall–Kier alpha value is -0.690. The summed E-state index contributed by atoms with van der Waals surface area (Å²) in [5, 5.41) is 0. The number of amides is 1. The first kappa shape index (κ1) is 23.6. The smallest absolute Gasteiger partial charge is 0.423 e. The summed E-state index contributed by atoms with van der Waals surface area (Å²) in [5.74, 6) is -2.08. The maximum atomic E-state index is 12.4. The van der Waals surface area contributed by atoms with Gasteiger partial charge in [-0.05, 0) is 104 Å². The fourth-order valence-corrected chi connectivity index (χ4v) is 4.59. The van der Waals surface area contributed by atoms with Crippen molar-refractivity contribution < 1.29 is 35.9 Å². The maximum absolute atomic E-state index is 12.4. The molecule has 0 aliphatic heterocycles. The average molecular weight is 751 g/mol. The molecule has 150 valence electrons. The first-order chi connectivity index (χ1) is 12.8. The van der Waals surface area contributed by atoms with Crippen molar-refractivity contribution in [3.05, 3.63) is 58.2 Å². The van der Waals surface area contributed by atoms with E-state index in [4.69, 9.17) is 4.74 Å². The molecule has 0 saturated heterocycles. The van der Waals surface area contributed by atoms with Crippen LogP contribution in [0.5, 0.6) is 5.75 Å². The van der Waals surface area contributed by atoms with Gasteiger partial charge in [0.2, 0.25) is 0 Å². The highest BCUT2D eigenvalue weighted by Gasteiger charge is 2.47. The lowest BCUT2D eigenvalue weighted by molar-refractivity contribution is -0.0446. The number of alkyl halides is 3. The third-order valence-electron chi connectivity index (χ3n) is 3.11. The van der Waals surface area contributed by atoms with Gasteiger partial charge in [0.15, 0.2) is 0 Å². The lowest BCUT2D eigenvalue weighted by Crippen LogP contribution is -2.40. The molecule has 0 radical (unpaired) electrons. The summed E-state index contributed by atoms with van der Waals surface area (Å²) in [7, 11) is -5.81. The van der Waals surface area contributed by atoms with Crippen molar-refractivity contribution in [3.8, 4) is 5.75 Å². The first-order valence-corrected chi connectivity index (χ1v) is 11.6. The lowest BCUT2D eigenvalue weighted by atomic mass is 10.2. The summed E-state index contributed by atoms with van der Waals surface area (Å²) in [4.78, 5) is 24.1. The maximum Gasteiger partial charge on any atom is 0.516 e. The molecule has 2 aromatic rings. The zero-order valence-electron chi connectivity index (χ0n) is 13.2. The van der Waals surface area contributed by atoms with Crippen LogP contribution in [0.15, 0.2) is 36.4 Å². The van der Waals surface area contributed by atoms with Crippen LogP contribution in [-0.4, -0.2) is 25.8 Å². The molecule has 1 amide bonds. The van der Waals surface area contributed by atoms with Gasteiger partial charge in [-0.3, -0.25) is 4.79 Å². The minimum absolute atomic E-state index is 0.0330. The van der Waals surface area contributed by atoms with Crippen molar-refractivity contribution in [1.29, 1.82) is 0 Å². The predicted molar refractivity (Wildman–Crippen MR) is 118 cm³/mol. The van der Waals surface area contributed by atoms with Crippen molar-refractivity contribution in [2.24, 2.45) is 0 Å². The first-order valence-electron chi connectivity index (χ1n) is 6.92. The van der Waals surface area contributed by atoms with Gasteiger partial charge in [0, 0.05) is 16.3 Å². The molecule has 0 aliphatic carbocycles. The third kappa shape index (κ3) is 5.47. The van der Waals surface area contributed by atoms with Gasteiger partial charge in [-0.1, -0.05) is 0 Å². The Kier molecular flexibility index (Phi) is 7.57. The van der Waals surface area contributed by atoms with Gasteiger partial charge in [-0.15, -0.1) is 0 Å². The normalized spacial score (nSPS) is 11.8. The molecule has 1 N–H and O–H groups in total. The van der Waals surface area contributed by atoms with Gasteiger partial charge in [-0.25, -0.2) is 9.52 Å². The molecule has 13 heteroatoms. The second-order valence-electron chi connectivity index (χ2n) is 5.01. The van der Waals surface area contributed by atoms with Crippen LogP contribution in [0.4, 0.5) is 13.2 Å². The molecule has 2 aromatic carbocycles. The van der Waals surface area contributed by atoms with Crippen LogP contribution in [-0.2, 0) is 10.0 Å². The lowest BCUT2D eigenvalue weighted by Gasteiger charge is -2.11. The second-order valence-corrected chi connectivity index (χ2v) is 10.1. The van der Waals surface area contributed by atoms with E-state index in [0.29, 0.717) is 12.7 Å². The molecule has 0 unspecified atom stereocenters. The summed E-state index contributed by atoms with van der Waals surface area (Å²) >= 11 is 6.06. The van der Waals surface area contributed by atoms with Crippen molar-refractivity contribution >= 4 is 89.7 Å². The van der Waals surface area contributed by atoms with Gasteiger partial charge < -0.3 is 4.74 Å². The van der Waals surface area contributed by atoms with Gasteiger partial charge in [0.05, 0.1) is 5.56 Å². The van der Waals surface area contributed by atoms with Gasteiger partial charge in [-0.2, -0.15) is 21.6 Å². The SMILES string of the molecule is O=C(NS(=O)(=O)C(F)(F)F)c1ccc(OC(=O)c2c(I)ccc(I)c2I)cc1. The van der Waals surface area contributed by atoms with Crippen molar-refractivity contribution in [1.82, 2.24) is 4.72 Å². The molecule has 0 saturated carbocycles.